The van der Waals surface area contributed by atoms with E-state index in [1.807, 2.05) is 23.1 Å². The molecule has 0 radical (unpaired) electrons. The number of likely N-dealkylation sites (tertiary alicyclic amines) is 1. The summed E-state index contributed by atoms with van der Waals surface area (Å²) in [5.74, 6) is -0.103. The summed E-state index contributed by atoms with van der Waals surface area (Å²) in [7, 11) is 0. The molecule has 0 saturated carbocycles. The first kappa shape index (κ1) is 15.9. The third kappa shape index (κ3) is 2.83. The van der Waals surface area contributed by atoms with E-state index in [1.54, 1.807) is 0 Å². The number of benzene rings is 2. The Morgan fingerprint density at radius 1 is 1.16 bits per heavy atom. The van der Waals surface area contributed by atoms with Crippen molar-refractivity contribution in [1.82, 2.24) is 9.88 Å². The van der Waals surface area contributed by atoms with Crippen LogP contribution in [-0.2, 0) is 0 Å². The van der Waals surface area contributed by atoms with Gasteiger partial charge in [0.2, 0.25) is 0 Å². The van der Waals surface area contributed by atoms with Crippen molar-refractivity contribution in [2.45, 2.75) is 18.9 Å². The Hall–Kier alpha value is -2.59. The maximum absolute atomic E-state index is 13.0. The van der Waals surface area contributed by atoms with Crippen LogP contribution in [0.4, 0.5) is 0 Å². The van der Waals surface area contributed by atoms with Crippen molar-refractivity contribution < 1.29 is 4.79 Å². The molecule has 1 atom stereocenters. The minimum atomic E-state index is -0.384. The van der Waals surface area contributed by atoms with Crippen LogP contribution in [-0.4, -0.2) is 22.3 Å². The predicted octanol–water partition coefficient (Wildman–Crippen LogP) is 4.16. The van der Waals surface area contributed by atoms with Gasteiger partial charge < -0.3 is 9.88 Å². The van der Waals surface area contributed by atoms with Crippen LogP contribution in [0.25, 0.3) is 10.8 Å². The number of H-pyrrole nitrogens is 1. The summed E-state index contributed by atoms with van der Waals surface area (Å²) in [5.41, 5.74) is 1.20. The van der Waals surface area contributed by atoms with E-state index < -0.39 is 0 Å². The van der Waals surface area contributed by atoms with Gasteiger partial charge >= 0.3 is 0 Å². The monoisotopic (exact) mass is 352 g/mol. The molecule has 3 aromatic rings. The molecule has 0 spiro atoms. The summed E-state index contributed by atoms with van der Waals surface area (Å²) in [6.45, 7) is 0.698. The fraction of sp³-hybridized carbons (Fsp3) is 0.200. The number of nitrogens with one attached hydrogen (secondary N) is 1. The largest absolute Gasteiger partial charge is 0.332 e. The normalized spacial score (nSPS) is 17.2. The molecule has 2 heterocycles. The molecular weight excluding hydrogens is 336 g/mol. The van der Waals surface area contributed by atoms with Gasteiger partial charge in [-0.15, -0.1) is 0 Å². The van der Waals surface area contributed by atoms with E-state index in [4.69, 9.17) is 11.6 Å². The lowest BCUT2D eigenvalue weighted by Gasteiger charge is -2.26. The highest BCUT2D eigenvalue weighted by Crippen LogP contribution is 2.36. The zero-order chi connectivity index (χ0) is 17.4. The second-order valence-corrected chi connectivity index (χ2v) is 6.70. The molecule has 1 fully saturated rings. The molecule has 126 valence electrons. The maximum Gasteiger partial charge on any atom is 0.266 e. The quantitative estimate of drug-likeness (QED) is 0.753. The number of aromatic amines is 1. The number of carbonyl (C=O) groups is 1. The second kappa shape index (κ2) is 6.37. The van der Waals surface area contributed by atoms with Gasteiger partial charge in [-0.25, -0.2) is 0 Å². The minimum Gasteiger partial charge on any atom is -0.332 e. The Morgan fingerprint density at radius 3 is 2.80 bits per heavy atom. The van der Waals surface area contributed by atoms with Gasteiger partial charge in [-0.2, -0.15) is 0 Å². The van der Waals surface area contributed by atoms with Gasteiger partial charge in [0.25, 0.3) is 11.5 Å². The molecule has 2 aromatic carbocycles. The number of aromatic nitrogens is 1. The van der Waals surface area contributed by atoms with Crippen LogP contribution in [0.2, 0.25) is 5.02 Å². The summed E-state index contributed by atoms with van der Waals surface area (Å²) < 4.78 is 0. The van der Waals surface area contributed by atoms with Crippen LogP contribution in [0, 0.1) is 0 Å². The highest BCUT2D eigenvalue weighted by molar-refractivity contribution is 6.30. The molecule has 4 rings (SSSR count). The number of hydrogen-bond acceptors (Lipinski definition) is 2. The van der Waals surface area contributed by atoms with Gasteiger partial charge in [0.1, 0.15) is 5.02 Å². The molecule has 4 nitrogen and oxygen atoms in total. The van der Waals surface area contributed by atoms with Crippen molar-refractivity contribution in [3.8, 4) is 0 Å². The average molecular weight is 353 g/mol. The number of nitrogens with zero attached hydrogens (tertiary/aromatic N) is 1. The molecular formula is C20H17ClN2O2. The zero-order valence-electron chi connectivity index (χ0n) is 13.5. The number of amides is 1. The van der Waals surface area contributed by atoms with Crippen molar-refractivity contribution >= 4 is 28.3 Å². The van der Waals surface area contributed by atoms with Crippen LogP contribution in [0.5, 0.6) is 0 Å². The van der Waals surface area contributed by atoms with Gasteiger partial charge in [0.15, 0.2) is 0 Å². The number of hydrogen-bond donors (Lipinski definition) is 1. The smallest absolute Gasteiger partial charge is 0.266 e. The number of halogens is 1. The summed E-state index contributed by atoms with van der Waals surface area (Å²) in [6.07, 6.45) is 3.32. The van der Waals surface area contributed by atoms with Gasteiger partial charge in [-0.1, -0.05) is 54.1 Å². The van der Waals surface area contributed by atoms with Gasteiger partial charge in [-0.3, -0.25) is 9.59 Å². The van der Waals surface area contributed by atoms with Crippen LogP contribution in [0.3, 0.4) is 0 Å². The van der Waals surface area contributed by atoms with E-state index in [1.165, 1.54) is 28.6 Å². The highest BCUT2D eigenvalue weighted by Gasteiger charge is 2.31. The van der Waals surface area contributed by atoms with E-state index in [2.05, 4.69) is 29.2 Å². The van der Waals surface area contributed by atoms with Crippen LogP contribution < -0.4 is 5.56 Å². The first-order chi connectivity index (χ1) is 12.1. The Balaban J connectivity index is 1.73. The van der Waals surface area contributed by atoms with Gasteiger partial charge in [-0.05, 0) is 35.2 Å². The third-order valence-electron chi connectivity index (χ3n) is 4.80. The molecule has 0 aliphatic carbocycles. The first-order valence-corrected chi connectivity index (χ1v) is 8.70. The first-order valence-electron chi connectivity index (χ1n) is 8.32. The summed E-state index contributed by atoms with van der Waals surface area (Å²) >= 11 is 5.88. The standard InChI is InChI=1S/C20H17ClN2O2/c21-17-11-14(12-22-19(17)24)20(25)23-10-4-9-18(23)16-8-3-6-13-5-1-2-7-15(13)16/h1-3,5-8,11-12,18H,4,9-10H2,(H,22,24). The van der Waals surface area contributed by atoms with Crippen molar-refractivity contribution in [2.75, 3.05) is 6.54 Å². The lowest BCUT2D eigenvalue weighted by atomic mass is 9.97. The highest BCUT2D eigenvalue weighted by atomic mass is 35.5. The number of carbonyl (C=O) groups excluding carboxylic acids is 1. The molecule has 1 saturated heterocycles. The van der Waals surface area contributed by atoms with Crippen molar-refractivity contribution in [3.63, 3.8) is 0 Å². The number of pyridine rings is 1. The Bertz CT molecular complexity index is 1010. The lowest BCUT2D eigenvalue weighted by molar-refractivity contribution is 0.0736. The Labute approximate surface area is 150 Å². The molecule has 1 aromatic heterocycles. The van der Waals surface area contributed by atoms with E-state index in [-0.39, 0.29) is 22.5 Å². The SMILES string of the molecule is O=C(c1c[nH]c(=O)c(Cl)c1)N1CCCC1c1cccc2ccccc12. The molecule has 1 unspecified atom stereocenters. The fourth-order valence-electron chi connectivity index (χ4n) is 3.62. The van der Waals surface area contributed by atoms with Crippen LogP contribution >= 0.6 is 11.6 Å². The van der Waals surface area contributed by atoms with Crippen molar-refractivity contribution in [3.05, 3.63) is 81.2 Å². The van der Waals surface area contributed by atoms with E-state index in [9.17, 15) is 9.59 Å². The molecule has 1 aliphatic heterocycles. The molecule has 1 N–H and O–H groups in total. The molecule has 0 bridgehead atoms. The Morgan fingerprint density at radius 2 is 1.96 bits per heavy atom. The van der Waals surface area contributed by atoms with E-state index in [0.29, 0.717) is 12.1 Å². The van der Waals surface area contributed by atoms with E-state index >= 15 is 0 Å². The maximum atomic E-state index is 13.0. The minimum absolute atomic E-state index is 0.0318. The predicted molar refractivity (Wildman–Crippen MR) is 99.0 cm³/mol. The fourth-order valence-corrected chi connectivity index (χ4v) is 3.79. The third-order valence-corrected chi connectivity index (χ3v) is 5.08. The molecule has 25 heavy (non-hydrogen) atoms. The van der Waals surface area contributed by atoms with Crippen LogP contribution in [0.15, 0.2) is 59.5 Å². The molecule has 1 aliphatic rings. The topological polar surface area (TPSA) is 53.2 Å². The van der Waals surface area contributed by atoms with Crippen LogP contribution in [0.1, 0.15) is 34.8 Å². The van der Waals surface area contributed by atoms with E-state index in [0.717, 1.165) is 12.8 Å². The summed E-state index contributed by atoms with van der Waals surface area (Å²) in [6, 6.07) is 15.9. The number of rotatable bonds is 2. The summed E-state index contributed by atoms with van der Waals surface area (Å²) in [4.78, 5) is 28.8. The number of fused-ring (bicyclic) bond motifs is 1. The second-order valence-electron chi connectivity index (χ2n) is 6.29. The summed E-state index contributed by atoms with van der Waals surface area (Å²) in [5, 5.41) is 2.38. The van der Waals surface area contributed by atoms with Gasteiger partial charge in [0.05, 0.1) is 11.6 Å². The molecule has 1 amide bonds. The van der Waals surface area contributed by atoms with Crippen molar-refractivity contribution in [2.24, 2.45) is 0 Å². The Kier molecular flexibility index (Phi) is 4.06. The average Bonchev–Trinajstić information content (AvgIpc) is 3.12. The lowest BCUT2D eigenvalue weighted by Crippen LogP contribution is -2.31. The van der Waals surface area contributed by atoms with Gasteiger partial charge in [0, 0.05) is 12.7 Å². The van der Waals surface area contributed by atoms with Crippen molar-refractivity contribution in [1.29, 1.82) is 0 Å². The molecule has 5 heteroatoms. The zero-order valence-corrected chi connectivity index (χ0v) is 14.3.